The second kappa shape index (κ2) is 4.85. The van der Waals surface area contributed by atoms with Gasteiger partial charge in [-0.05, 0) is 13.3 Å². The Balaban J connectivity index is 3.68. The molecule has 0 heterocycles. The summed E-state index contributed by atoms with van der Waals surface area (Å²) in [5.41, 5.74) is 0. The highest BCUT2D eigenvalue weighted by Gasteiger charge is 2.04. The van der Waals surface area contributed by atoms with Gasteiger partial charge in [-0.2, -0.15) is 5.26 Å². The van der Waals surface area contributed by atoms with E-state index in [0.717, 1.165) is 6.42 Å². The lowest BCUT2D eigenvalue weighted by atomic mass is 10.2. The summed E-state index contributed by atoms with van der Waals surface area (Å²) in [6, 6.07) is 1.94. The first-order valence-electron chi connectivity index (χ1n) is 3.36. The number of terminal acetylenes is 1. The van der Waals surface area contributed by atoms with Crippen LogP contribution in [0.3, 0.4) is 0 Å². The number of hydrogen-bond donors (Lipinski definition) is 1. The van der Waals surface area contributed by atoms with Crippen molar-refractivity contribution in [2.75, 3.05) is 0 Å². The molecule has 0 saturated carbocycles. The summed E-state index contributed by atoms with van der Waals surface area (Å²) >= 11 is 0. The summed E-state index contributed by atoms with van der Waals surface area (Å²) in [6.07, 6.45) is 6.03. The first-order valence-corrected chi connectivity index (χ1v) is 3.36. The molecule has 10 heavy (non-hydrogen) atoms. The van der Waals surface area contributed by atoms with E-state index >= 15 is 0 Å². The summed E-state index contributed by atoms with van der Waals surface area (Å²) in [7, 11) is 0. The Kier molecular flexibility index (Phi) is 4.37. The van der Waals surface area contributed by atoms with E-state index in [9.17, 15) is 0 Å². The molecule has 2 atom stereocenters. The molecule has 2 unspecified atom stereocenters. The van der Waals surface area contributed by atoms with Gasteiger partial charge in [-0.15, -0.1) is 6.42 Å². The van der Waals surface area contributed by atoms with Crippen molar-refractivity contribution in [3.05, 3.63) is 0 Å². The summed E-state index contributed by atoms with van der Waals surface area (Å²) in [5.74, 6) is 2.55. The van der Waals surface area contributed by atoms with Gasteiger partial charge < -0.3 is 0 Å². The van der Waals surface area contributed by atoms with Crippen molar-refractivity contribution in [3.63, 3.8) is 0 Å². The lowest BCUT2D eigenvalue weighted by Crippen LogP contribution is -2.33. The van der Waals surface area contributed by atoms with Gasteiger partial charge in [-0.3, -0.25) is 5.32 Å². The molecule has 2 nitrogen and oxygen atoms in total. The number of nitriles is 1. The van der Waals surface area contributed by atoms with Crippen molar-refractivity contribution in [2.24, 2.45) is 0 Å². The molecule has 0 bridgehead atoms. The number of hydrogen-bond acceptors (Lipinski definition) is 2. The molecule has 0 aromatic carbocycles. The standard InChI is InChI=1S/C8H12N2/c1-4-8(5-2)10-7(3)6-9/h1,7-8,10H,5H2,2-3H3. The molecular formula is C8H12N2. The largest absolute Gasteiger partial charge is 0.289 e. The molecule has 0 aromatic heterocycles. The van der Waals surface area contributed by atoms with Crippen molar-refractivity contribution in [1.82, 2.24) is 5.32 Å². The molecular weight excluding hydrogens is 124 g/mol. The zero-order valence-electron chi connectivity index (χ0n) is 6.39. The van der Waals surface area contributed by atoms with Gasteiger partial charge in [-0.1, -0.05) is 12.8 Å². The molecule has 0 aliphatic rings. The second-order valence-electron chi connectivity index (χ2n) is 2.14. The average molecular weight is 136 g/mol. The molecule has 0 rings (SSSR count). The van der Waals surface area contributed by atoms with E-state index in [1.807, 2.05) is 6.92 Å². The first-order chi connectivity index (χ1) is 4.74. The molecule has 1 N–H and O–H groups in total. The van der Waals surface area contributed by atoms with Crippen molar-refractivity contribution in [2.45, 2.75) is 32.4 Å². The Morgan fingerprint density at radius 2 is 2.30 bits per heavy atom. The van der Waals surface area contributed by atoms with Gasteiger partial charge >= 0.3 is 0 Å². The Morgan fingerprint density at radius 1 is 1.70 bits per heavy atom. The minimum Gasteiger partial charge on any atom is -0.289 e. The van der Waals surface area contributed by atoms with E-state index in [0.29, 0.717) is 0 Å². The van der Waals surface area contributed by atoms with E-state index in [1.165, 1.54) is 0 Å². The minimum atomic E-state index is -0.152. The molecule has 54 valence electrons. The molecule has 0 radical (unpaired) electrons. The third-order valence-corrected chi connectivity index (χ3v) is 1.25. The average Bonchev–Trinajstić information content (AvgIpc) is 1.99. The maximum atomic E-state index is 8.39. The van der Waals surface area contributed by atoms with Gasteiger partial charge in [0.1, 0.15) is 0 Å². The van der Waals surface area contributed by atoms with Gasteiger partial charge in [0.15, 0.2) is 0 Å². The highest BCUT2D eigenvalue weighted by Crippen LogP contribution is 1.89. The number of rotatable bonds is 3. The van der Waals surface area contributed by atoms with Crippen LogP contribution < -0.4 is 5.32 Å². The highest BCUT2D eigenvalue weighted by molar-refractivity contribution is 5.01. The van der Waals surface area contributed by atoms with Crippen molar-refractivity contribution in [1.29, 1.82) is 5.26 Å². The fraction of sp³-hybridized carbons (Fsp3) is 0.625. The fourth-order valence-electron chi connectivity index (χ4n) is 0.623. The molecule has 2 heteroatoms. The van der Waals surface area contributed by atoms with Crippen LogP contribution in [0.25, 0.3) is 0 Å². The Hall–Kier alpha value is -0.990. The van der Waals surface area contributed by atoms with E-state index < -0.39 is 0 Å². The molecule has 0 saturated heterocycles. The van der Waals surface area contributed by atoms with Gasteiger partial charge in [-0.25, -0.2) is 0 Å². The monoisotopic (exact) mass is 136 g/mol. The molecule has 0 aromatic rings. The van der Waals surface area contributed by atoms with E-state index in [1.54, 1.807) is 6.92 Å². The topological polar surface area (TPSA) is 35.8 Å². The van der Waals surface area contributed by atoms with Crippen LogP contribution in [0.5, 0.6) is 0 Å². The zero-order valence-corrected chi connectivity index (χ0v) is 6.39. The van der Waals surface area contributed by atoms with Crippen molar-refractivity contribution < 1.29 is 0 Å². The summed E-state index contributed by atoms with van der Waals surface area (Å²) < 4.78 is 0. The summed E-state index contributed by atoms with van der Waals surface area (Å²) in [6.45, 7) is 3.78. The fourth-order valence-corrected chi connectivity index (χ4v) is 0.623. The molecule has 0 spiro atoms. The molecule has 0 aliphatic heterocycles. The lowest BCUT2D eigenvalue weighted by molar-refractivity contribution is 0.561. The number of nitrogens with zero attached hydrogens (tertiary/aromatic N) is 1. The van der Waals surface area contributed by atoms with Crippen LogP contribution in [0.4, 0.5) is 0 Å². The third kappa shape index (κ3) is 3.12. The van der Waals surface area contributed by atoms with Crippen LogP contribution in [0, 0.1) is 23.7 Å². The van der Waals surface area contributed by atoms with E-state index in [4.69, 9.17) is 11.7 Å². The van der Waals surface area contributed by atoms with Crippen molar-refractivity contribution in [3.8, 4) is 18.4 Å². The lowest BCUT2D eigenvalue weighted by Gasteiger charge is -2.10. The smallest absolute Gasteiger partial charge is 0.0933 e. The van der Waals surface area contributed by atoms with E-state index in [-0.39, 0.29) is 12.1 Å². The van der Waals surface area contributed by atoms with Crippen LogP contribution in [0.1, 0.15) is 20.3 Å². The number of nitrogens with one attached hydrogen (secondary N) is 1. The minimum absolute atomic E-state index is 0.0367. The quantitative estimate of drug-likeness (QED) is 0.585. The van der Waals surface area contributed by atoms with Gasteiger partial charge in [0, 0.05) is 0 Å². The van der Waals surface area contributed by atoms with Gasteiger partial charge in [0.25, 0.3) is 0 Å². The molecule has 0 fully saturated rings. The maximum Gasteiger partial charge on any atom is 0.0933 e. The van der Waals surface area contributed by atoms with Crippen LogP contribution >= 0.6 is 0 Å². The third-order valence-electron chi connectivity index (χ3n) is 1.25. The Labute approximate surface area is 62.2 Å². The highest BCUT2D eigenvalue weighted by atomic mass is 14.9. The summed E-state index contributed by atoms with van der Waals surface area (Å²) in [4.78, 5) is 0. The van der Waals surface area contributed by atoms with Crippen LogP contribution in [-0.2, 0) is 0 Å². The van der Waals surface area contributed by atoms with Crippen LogP contribution in [0.15, 0.2) is 0 Å². The predicted molar refractivity (Wildman–Crippen MR) is 41.1 cm³/mol. The predicted octanol–water partition coefficient (Wildman–Crippen LogP) is 0.900. The maximum absolute atomic E-state index is 8.39. The molecule has 0 aliphatic carbocycles. The first kappa shape index (κ1) is 9.01. The van der Waals surface area contributed by atoms with E-state index in [2.05, 4.69) is 17.3 Å². The Morgan fingerprint density at radius 3 is 2.60 bits per heavy atom. The SMILES string of the molecule is C#CC(CC)NC(C)C#N. The van der Waals surface area contributed by atoms with Crippen molar-refractivity contribution >= 4 is 0 Å². The Bertz CT molecular complexity index is 161. The summed E-state index contributed by atoms with van der Waals surface area (Å²) in [5, 5.41) is 11.4. The zero-order chi connectivity index (χ0) is 7.98. The van der Waals surface area contributed by atoms with Gasteiger partial charge in [0.2, 0.25) is 0 Å². The van der Waals surface area contributed by atoms with Gasteiger partial charge in [0.05, 0.1) is 18.2 Å². The normalized spacial score (nSPS) is 14.8. The second-order valence-corrected chi connectivity index (χ2v) is 2.14. The van der Waals surface area contributed by atoms with Crippen LogP contribution in [0.2, 0.25) is 0 Å². The molecule has 0 amide bonds. The van der Waals surface area contributed by atoms with Crippen LogP contribution in [-0.4, -0.2) is 12.1 Å².